The quantitative estimate of drug-likeness (QED) is 0.494. The standard InChI is InChI=1S/C17H17F2N3OS/c1-11(16-14(18)4-3-5-15(16)19)21-22-17(24)20-10-12-6-8-13(23-2)9-7-12/h3-9H,10H2,1-2H3,(H2,20,22,24)/b21-11-. The SMILES string of the molecule is COc1ccc(CNC(=S)N/N=C(/C)c2c(F)cccc2F)cc1. The normalized spacial score (nSPS) is 11.1. The van der Waals surface area contributed by atoms with E-state index in [-0.39, 0.29) is 16.4 Å². The van der Waals surface area contributed by atoms with Crippen LogP contribution in [0.2, 0.25) is 0 Å². The van der Waals surface area contributed by atoms with Gasteiger partial charge in [0.15, 0.2) is 5.11 Å². The molecule has 2 aromatic carbocycles. The number of nitrogens with zero attached hydrogens (tertiary/aromatic N) is 1. The molecule has 0 aromatic heterocycles. The first-order chi connectivity index (χ1) is 11.5. The lowest BCUT2D eigenvalue weighted by Crippen LogP contribution is -2.32. The van der Waals surface area contributed by atoms with Crippen LogP contribution in [0, 0.1) is 11.6 Å². The highest BCUT2D eigenvalue weighted by atomic mass is 32.1. The maximum Gasteiger partial charge on any atom is 0.187 e. The van der Waals surface area contributed by atoms with Gasteiger partial charge < -0.3 is 10.1 Å². The van der Waals surface area contributed by atoms with E-state index in [1.807, 2.05) is 24.3 Å². The molecule has 2 rings (SSSR count). The minimum absolute atomic E-state index is 0.166. The van der Waals surface area contributed by atoms with Crippen LogP contribution in [0.5, 0.6) is 5.75 Å². The third-order valence-corrected chi connectivity index (χ3v) is 3.50. The molecule has 0 aliphatic carbocycles. The number of nitrogens with one attached hydrogen (secondary N) is 2. The summed E-state index contributed by atoms with van der Waals surface area (Å²) in [4.78, 5) is 0. The van der Waals surface area contributed by atoms with Crippen molar-refractivity contribution < 1.29 is 13.5 Å². The van der Waals surface area contributed by atoms with Crippen LogP contribution in [0.4, 0.5) is 8.78 Å². The van der Waals surface area contributed by atoms with E-state index < -0.39 is 11.6 Å². The monoisotopic (exact) mass is 349 g/mol. The van der Waals surface area contributed by atoms with Gasteiger partial charge >= 0.3 is 0 Å². The number of halogens is 2. The Morgan fingerprint density at radius 3 is 2.33 bits per heavy atom. The molecule has 0 spiro atoms. The fraction of sp³-hybridized carbons (Fsp3) is 0.176. The second-order valence-electron chi connectivity index (χ2n) is 4.94. The number of hydrogen-bond donors (Lipinski definition) is 2. The van der Waals surface area contributed by atoms with Crippen LogP contribution in [0.3, 0.4) is 0 Å². The average molecular weight is 349 g/mol. The summed E-state index contributed by atoms with van der Waals surface area (Å²) >= 11 is 5.09. The number of methoxy groups -OCH3 is 1. The van der Waals surface area contributed by atoms with Gasteiger partial charge in [-0.15, -0.1) is 0 Å². The van der Waals surface area contributed by atoms with Crippen molar-refractivity contribution in [3.05, 3.63) is 65.2 Å². The summed E-state index contributed by atoms with van der Waals surface area (Å²) in [6.45, 7) is 1.99. The van der Waals surface area contributed by atoms with Gasteiger partial charge in [0.1, 0.15) is 17.4 Å². The zero-order chi connectivity index (χ0) is 17.5. The first kappa shape index (κ1) is 17.8. The largest absolute Gasteiger partial charge is 0.497 e. The van der Waals surface area contributed by atoms with E-state index in [0.717, 1.165) is 11.3 Å². The Labute approximate surface area is 144 Å². The van der Waals surface area contributed by atoms with E-state index in [2.05, 4.69) is 15.8 Å². The molecular weight excluding hydrogens is 332 g/mol. The number of rotatable bonds is 5. The topological polar surface area (TPSA) is 45.6 Å². The van der Waals surface area contributed by atoms with Crippen LogP contribution in [0.25, 0.3) is 0 Å². The molecule has 0 atom stereocenters. The number of thiocarbonyl (C=S) groups is 1. The smallest absolute Gasteiger partial charge is 0.187 e. The van der Waals surface area contributed by atoms with Crippen molar-refractivity contribution in [3.63, 3.8) is 0 Å². The summed E-state index contributed by atoms with van der Waals surface area (Å²) in [5.74, 6) is -0.572. The second kappa shape index (κ2) is 8.35. The van der Waals surface area contributed by atoms with E-state index in [0.29, 0.717) is 6.54 Å². The van der Waals surface area contributed by atoms with Gasteiger partial charge in [-0.05, 0) is 49.0 Å². The Bertz CT molecular complexity index is 728. The maximum absolute atomic E-state index is 13.6. The third kappa shape index (κ3) is 4.73. The summed E-state index contributed by atoms with van der Waals surface area (Å²) in [5.41, 5.74) is 3.57. The van der Waals surface area contributed by atoms with Gasteiger partial charge in [0.05, 0.1) is 18.4 Å². The molecule has 0 fully saturated rings. The third-order valence-electron chi connectivity index (χ3n) is 3.26. The van der Waals surface area contributed by atoms with E-state index in [1.54, 1.807) is 7.11 Å². The molecule has 0 saturated carbocycles. The molecule has 24 heavy (non-hydrogen) atoms. The summed E-state index contributed by atoms with van der Waals surface area (Å²) in [6.07, 6.45) is 0. The number of hydrazone groups is 1. The maximum atomic E-state index is 13.6. The molecular formula is C17H17F2N3OS. The molecule has 2 aromatic rings. The molecule has 0 radical (unpaired) electrons. The van der Waals surface area contributed by atoms with Gasteiger partial charge in [-0.25, -0.2) is 8.78 Å². The highest BCUT2D eigenvalue weighted by Crippen LogP contribution is 2.13. The van der Waals surface area contributed by atoms with Gasteiger partial charge in [0, 0.05) is 6.54 Å². The Kier molecular flexibility index (Phi) is 6.20. The Morgan fingerprint density at radius 1 is 1.12 bits per heavy atom. The highest BCUT2D eigenvalue weighted by Gasteiger charge is 2.11. The van der Waals surface area contributed by atoms with Crippen LogP contribution in [0.1, 0.15) is 18.1 Å². The minimum Gasteiger partial charge on any atom is -0.497 e. The molecule has 0 amide bonds. The van der Waals surface area contributed by atoms with Crippen LogP contribution in [-0.4, -0.2) is 17.9 Å². The minimum atomic E-state index is -0.671. The molecule has 0 unspecified atom stereocenters. The van der Waals surface area contributed by atoms with Gasteiger partial charge in [-0.3, -0.25) is 5.43 Å². The molecule has 0 saturated heterocycles. The van der Waals surface area contributed by atoms with Crippen molar-refractivity contribution in [2.45, 2.75) is 13.5 Å². The van der Waals surface area contributed by atoms with Crippen molar-refractivity contribution in [1.82, 2.24) is 10.7 Å². The lowest BCUT2D eigenvalue weighted by atomic mass is 10.1. The first-order valence-corrected chi connectivity index (χ1v) is 7.57. The van der Waals surface area contributed by atoms with E-state index >= 15 is 0 Å². The Hall–Kier alpha value is -2.54. The summed E-state index contributed by atoms with van der Waals surface area (Å²) in [6, 6.07) is 11.1. The van der Waals surface area contributed by atoms with E-state index in [9.17, 15) is 8.78 Å². The summed E-state index contributed by atoms with van der Waals surface area (Å²) < 4.78 is 32.4. The lowest BCUT2D eigenvalue weighted by Gasteiger charge is -2.09. The van der Waals surface area contributed by atoms with E-state index in [1.165, 1.54) is 25.1 Å². The zero-order valence-electron chi connectivity index (χ0n) is 13.3. The summed E-state index contributed by atoms with van der Waals surface area (Å²) in [7, 11) is 1.60. The molecule has 0 heterocycles. The predicted octanol–water partition coefficient (Wildman–Crippen LogP) is 3.36. The Balaban J connectivity index is 1.92. The molecule has 2 N–H and O–H groups in total. The van der Waals surface area contributed by atoms with E-state index in [4.69, 9.17) is 17.0 Å². The lowest BCUT2D eigenvalue weighted by molar-refractivity contribution is 0.414. The van der Waals surface area contributed by atoms with Crippen LogP contribution >= 0.6 is 12.2 Å². The van der Waals surface area contributed by atoms with Gasteiger partial charge in [-0.2, -0.15) is 5.10 Å². The average Bonchev–Trinajstić information content (AvgIpc) is 2.58. The fourth-order valence-electron chi connectivity index (χ4n) is 2.00. The van der Waals surface area contributed by atoms with Crippen molar-refractivity contribution in [1.29, 1.82) is 0 Å². The Morgan fingerprint density at radius 2 is 1.75 bits per heavy atom. The van der Waals surface area contributed by atoms with Crippen molar-refractivity contribution in [2.75, 3.05) is 7.11 Å². The van der Waals surface area contributed by atoms with Crippen LogP contribution in [-0.2, 0) is 6.54 Å². The molecule has 0 aliphatic rings. The molecule has 4 nitrogen and oxygen atoms in total. The van der Waals surface area contributed by atoms with Crippen molar-refractivity contribution >= 4 is 23.0 Å². The van der Waals surface area contributed by atoms with Gasteiger partial charge in [0.25, 0.3) is 0 Å². The molecule has 7 heteroatoms. The molecule has 126 valence electrons. The number of hydrogen-bond acceptors (Lipinski definition) is 3. The fourth-order valence-corrected chi connectivity index (χ4v) is 2.12. The number of benzene rings is 2. The molecule has 0 aliphatic heterocycles. The number of ether oxygens (including phenoxy) is 1. The zero-order valence-corrected chi connectivity index (χ0v) is 14.1. The van der Waals surface area contributed by atoms with Crippen molar-refractivity contribution in [2.24, 2.45) is 5.10 Å². The first-order valence-electron chi connectivity index (χ1n) is 7.16. The predicted molar refractivity (Wildman–Crippen MR) is 94.1 cm³/mol. The van der Waals surface area contributed by atoms with Crippen LogP contribution < -0.4 is 15.5 Å². The second-order valence-corrected chi connectivity index (χ2v) is 5.34. The summed E-state index contributed by atoms with van der Waals surface area (Å²) in [5, 5.41) is 7.13. The van der Waals surface area contributed by atoms with Gasteiger partial charge in [-0.1, -0.05) is 18.2 Å². The van der Waals surface area contributed by atoms with Gasteiger partial charge in [0.2, 0.25) is 0 Å². The van der Waals surface area contributed by atoms with Crippen LogP contribution in [0.15, 0.2) is 47.6 Å². The van der Waals surface area contributed by atoms with Crippen molar-refractivity contribution in [3.8, 4) is 5.75 Å². The molecule has 0 bridgehead atoms. The highest BCUT2D eigenvalue weighted by molar-refractivity contribution is 7.80.